The Morgan fingerprint density at radius 2 is 2.00 bits per heavy atom. The lowest BCUT2D eigenvalue weighted by Gasteiger charge is -2.25. The molecule has 0 spiro atoms. The molecule has 0 bridgehead atoms. The first-order chi connectivity index (χ1) is 8.47. The molecule has 1 saturated heterocycles. The fourth-order valence-corrected chi connectivity index (χ4v) is 2.42. The van der Waals surface area contributed by atoms with Crippen LogP contribution in [-0.4, -0.2) is 19.1 Å². The van der Waals surface area contributed by atoms with E-state index in [0.717, 1.165) is 31.6 Å². The van der Waals surface area contributed by atoms with Gasteiger partial charge in [0.1, 0.15) is 5.67 Å². The summed E-state index contributed by atoms with van der Waals surface area (Å²) < 4.78 is 13.8. The van der Waals surface area contributed by atoms with Crippen molar-refractivity contribution in [3.05, 3.63) is 28.8 Å². The lowest BCUT2D eigenvalue weighted by molar-refractivity contribution is 0.221. The van der Waals surface area contributed by atoms with Crippen molar-refractivity contribution in [3.63, 3.8) is 0 Å². The van der Waals surface area contributed by atoms with Gasteiger partial charge in [-0.15, -0.1) is 0 Å². The predicted octanol–water partition coefficient (Wildman–Crippen LogP) is 3.71. The summed E-state index contributed by atoms with van der Waals surface area (Å²) in [6.45, 7) is 5.15. The number of benzene rings is 1. The summed E-state index contributed by atoms with van der Waals surface area (Å²) in [5.74, 6) is 0. The lowest BCUT2D eigenvalue weighted by atomic mass is 9.99. The Balaban J connectivity index is 2.09. The summed E-state index contributed by atoms with van der Waals surface area (Å²) >= 11 is 6.21. The first kappa shape index (κ1) is 13.6. The van der Waals surface area contributed by atoms with Crippen LogP contribution in [0.15, 0.2) is 18.2 Å². The molecule has 1 aromatic rings. The third kappa shape index (κ3) is 3.36. The molecular formula is C14H20ClFN2. The highest BCUT2D eigenvalue weighted by atomic mass is 35.5. The Morgan fingerprint density at radius 1 is 1.33 bits per heavy atom. The van der Waals surface area contributed by atoms with Crippen LogP contribution in [0.2, 0.25) is 5.02 Å². The first-order valence-electron chi connectivity index (χ1n) is 6.43. The Labute approximate surface area is 113 Å². The van der Waals surface area contributed by atoms with Crippen molar-refractivity contribution in [1.29, 1.82) is 0 Å². The average molecular weight is 271 g/mol. The van der Waals surface area contributed by atoms with E-state index in [1.807, 2.05) is 6.07 Å². The highest BCUT2D eigenvalue weighted by Crippen LogP contribution is 2.31. The fraction of sp³-hybridized carbons (Fsp3) is 0.571. The molecule has 0 atom stereocenters. The molecular weight excluding hydrogens is 251 g/mol. The summed E-state index contributed by atoms with van der Waals surface area (Å²) in [7, 11) is 0. The molecule has 0 radical (unpaired) electrons. The van der Waals surface area contributed by atoms with Crippen LogP contribution in [0.3, 0.4) is 0 Å². The summed E-state index contributed by atoms with van der Waals surface area (Å²) in [5.41, 5.74) is 0.164. The molecule has 1 aromatic carbocycles. The van der Waals surface area contributed by atoms with Gasteiger partial charge in [-0.1, -0.05) is 17.7 Å². The van der Waals surface area contributed by atoms with Gasteiger partial charge in [0.2, 0.25) is 0 Å². The number of hydrogen-bond acceptors (Lipinski definition) is 2. The van der Waals surface area contributed by atoms with E-state index < -0.39 is 5.67 Å². The van der Waals surface area contributed by atoms with Crippen molar-refractivity contribution >= 4 is 17.3 Å². The Kier molecular flexibility index (Phi) is 4.13. The van der Waals surface area contributed by atoms with Crippen LogP contribution >= 0.6 is 11.6 Å². The van der Waals surface area contributed by atoms with Crippen molar-refractivity contribution in [2.75, 3.05) is 18.4 Å². The van der Waals surface area contributed by atoms with Crippen molar-refractivity contribution < 1.29 is 4.39 Å². The Morgan fingerprint density at radius 3 is 2.56 bits per heavy atom. The van der Waals surface area contributed by atoms with Crippen molar-refractivity contribution in [3.8, 4) is 0 Å². The zero-order valence-electron chi connectivity index (χ0n) is 10.9. The molecule has 2 rings (SSSR count). The maximum absolute atomic E-state index is 13.8. The van der Waals surface area contributed by atoms with Gasteiger partial charge < -0.3 is 10.6 Å². The molecule has 0 aliphatic carbocycles. The van der Waals surface area contributed by atoms with Gasteiger partial charge in [-0.2, -0.15) is 0 Å². The number of hydrogen-bond donors (Lipinski definition) is 2. The number of anilines is 1. The molecule has 1 aliphatic heterocycles. The smallest absolute Gasteiger partial charge is 0.130 e. The van der Waals surface area contributed by atoms with E-state index in [2.05, 4.69) is 10.6 Å². The minimum Gasteiger partial charge on any atom is -0.381 e. The van der Waals surface area contributed by atoms with Crippen molar-refractivity contribution in [1.82, 2.24) is 5.32 Å². The first-order valence-corrected chi connectivity index (χ1v) is 6.81. The van der Waals surface area contributed by atoms with E-state index in [4.69, 9.17) is 11.6 Å². The third-order valence-electron chi connectivity index (χ3n) is 3.35. The maximum atomic E-state index is 13.8. The van der Waals surface area contributed by atoms with Crippen LogP contribution in [0.25, 0.3) is 0 Å². The number of rotatable bonds is 3. The van der Waals surface area contributed by atoms with Crippen LogP contribution in [0, 0.1) is 0 Å². The molecule has 0 saturated carbocycles. The van der Waals surface area contributed by atoms with Gasteiger partial charge in [-0.3, -0.25) is 0 Å². The number of halogens is 2. The Bertz CT molecular complexity index is 409. The zero-order chi connectivity index (χ0) is 13.2. The van der Waals surface area contributed by atoms with E-state index in [1.54, 1.807) is 26.0 Å². The zero-order valence-corrected chi connectivity index (χ0v) is 11.6. The van der Waals surface area contributed by atoms with Gasteiger partial charge in [-0.25, -0.2) is 4.39 Å². The SMILES string of the molecule is CC(C)(F)c1ccc(NC2CCNCC2)c(Cl)c1. The Hall–Kier alpha value is -0.800. The van der Waals surface area contributed by atoms with Gasteiger partial charge >= 0.3 is 0 Å². The second kappa shape index (κ2) is 5.45. The van der Waals surface area contributed by atoms with Crippen LogP contribution in [0.5, 0.6) is 0 Å². The van der Waals surface area contributed by atoms with E-state index in [9.17, 15) is 4.39 Å². The summed E-state index contributed by atoms with van der Waals surface area (Å²) in [5, 5.41) is 7.35. The highest BCUT2D eigenvalue weighted by molar-refractivity contribution is 6.33. The molecule has 1 heterocycles. The van der Waals surface area contributed by atoms with E-state index >= 15 is 0 Å². The average Bonchev–Trinajstić information content (AvgIpc) is 2.32. The topological polar surface area (TPSA) is 24.1 Å². The normalized spacial score (nSPS) is 17.8. The molecule has 0 aromatic heterocycles. The molecule has 0 unspecified atom stereocenters. The summed E-state index contributed by atoms with van der Waals surface area (Å²) in [6.07, 6.45) is 2.18. The van der Waals surface area contributed by atoms with Crippen molar-refractivity contribution in [2.24, 2.45) is 0 Å². The van der Waals surface area contributed by atoms with Gasteiger partial charge in [0.25, 0.3) is 0 Å². The molecule has 0 amide bonds. The predicted molar refractivity (Wildman–Crippen MR) is 75.1 cm³/mol. The molecule has 18 heavy (non-hydrogen) atoms. The molecule has 1 aliphatic rings. The van der Waals surface area contributed by atoms with Crippen LogP contribution < -0.4 is 10.6 Å². The quantitative estimate of drug-likeness (QED) is 0.875. The van der Waals surface area contributed by atoms with Gasteiger partial charge in [-0.05, 0) is 57.5 Å². The summed E-state index contributed by atoms with van der Waals surface area (Å²) in [6, 6.07) is 5.84. The second-order valence-corrected chi connectivity index (χ2v) is 5.74. The number of nitrogens with one attached hydrogen (secondary N) is 2. The molecule has 1 fully saturated rings. The summed E-state index contributed by atoms with van der Waals surface area (Å²) in [4.78, 5) is 0. The molecule has 100 valence electrons. The standard InChI is InChI=1S/C14H20ClFN2/c1-14(2,16)10-3-4-13(12(15)9-10)18-11-5-7-17-8-6-11/h3-4,9,11,17-18H,5-8H2,1-2H3. The fourth-order valence-electron chi connectivity index (χ4n) is 2.19. The highest BCUT2D eigenvalue weighted by Gasteiger charge is 2.20. The minimum absolute atomic E-state index is 0.452. The molecule has 2 nitrogen and oxygen atoms in total. The monoisotopic (exact) mass is 270 g/mol. The van der Waals surface area contributed by atoms with Gasteiger partial charge in [0, 0.05) is 6.04 Å². The number of alkyl halides is 1. The maximum Gasteiger partial charge on any atom is 0.130 e. The van der Waals surface area contributed by atoms with Crippen LogP contribution in [0.1, 0.15) is 32.3 Å². The van der Waals surface area contributed by atoms with Crippen LogP contribution in [-0.2, 0) is 5.67 Å². The van der Waals surface area contributed by atoms with Gasteiger partial charge in [0.15, 0.2) is 0 Å². The largest absolute Gasteiger partial charge is 0.381 e. The number of piperidine rings is 1. The van der Waals surface area contributed by atoms with Gasteiger partial charge in [0.05, 0.1) is 10.7 Å². The molecule has 4 heteroatoms. The van der Waals surface area contributed by atoms with Crippen LogP contribution in [0.4, 0.5) is 10.1 Å². The van der Waals surface area contributed by atoms with E-state index in [1.165, 1.54) is 0 Å². The lowest BCUT2D eigenvalue weighted by Crippen LogP contribution is -2.35. The second-order valence-electron chi connectivity index (χ2n) is 5.34. The minimum atomic E-state index is -1.35. The van der Waals surface area contributed by atoms with E-state index in [0.29, 0.717) is 16.6 Å². The third-order valence-corrected chi connectivity index (χ3v) is 3.67. The van der Waals surface area contributed by atoms with Crippen molar-refractivity contribution in [2.45, 2.75) is 38.4 Å². The van der Waals surface area contributed by atoms with E-state index in [-0.39, 0.29) is 0 Å². The molecule has 2 N–H and O–H groups in total.